The molecule has 9 nitrogen and oxygen atoms in total. The summed E-state index contributed by atoms with van der Waals surface area (Å²) in [6, 6.07) is 9.68. The Morgan fingerprint density at radius 1 is 1.18 bits per heavy atom. The van der Waals surface area contributed by atoms with Crippen molar-refractivity contribution in [2.75, 3.05) is 49.9 Å². The van der Waals surface area contributed by atoms with Gasteiger partial charge in [0.05, 0.1) is 36.5 Å². The van der Waals surface area contributed by atoms with E-state index in [1.165, 1.54) is 0 Å². The molecular weight excluding hydrogens is 522 g/mol. The van der Waals surface area contributed by atoms with E-state index in [0.29, 0.717) is 24.1 Å². The normalized spacial score (nSPS) is 25.1. The number of rotatable bonds is 12. The van der Waals surface area contributed by atoms with Gasteiger partial charge in [0.25, 0.3) is 0 Å². The molecule has 0 saturated carbocycles. The highest BCUT2D eigenvalue weighted by atomic mass is 35.5. The number of carbonyl (C=O) groups is 1. The number of carboxylic acids is 1. The molecule has 214 valence electrons. The van der Waals surface area contributed by atoms with E-state index >= 15 is 0 Å². The molecular formula is C29H40ClN3O6. The number of hydrogen-bond acceptors (Lipinski definition) is 8. The first-order valence-corrected chi connectivity index (χ1v) is 14.1. The molecule has 5 atom stereocenters. The largest absolute Gasteiger partial charge is 0.490 e. The van der Waals surface area contributed by atoms with Crippen LogP contribution in [0.15, 0.2) is 36.5 Å². The number of aromatic nitrogens is 1. The number of methoxy groups -OCH3 is 1. The van der Waals surface area contributed by atoms with Crippen LogP contribution in [0, 0.1) is 11.8 Å². The molecule has 1 N–H and O–H groups in total. The van der Waals surface area contributed by atoms with Crippen molar-refractivity contribution in [1.82, 2.24) is 4.98 Å². The lowest BCUT2D eigenvalue weighted by Gasteiger charge is -2.38. The highest BCUT2D eigenvalue weighted by Crippen LogP contribution is 2.36. The third-order valence-electron chi connectivity index (χ3n) is 7.71. The van der Waals surface area contributed by atoms with E-state index in [1.807, 2.05) is 30.3 Å². The zero-order valence-electron chi connectivity index (χ0n) is 23.2. The zero-order valence-corrected chi connectivity index (χ0v) is 24.0. The van der Waals surface area contributed by atoms with E-state index in [4.69, 9.17) is 30.5 Å². The van der Waals surface area contributed by atoms with Gasteiger partial charge in [-0.25, -0.2) is 4.98 Å². The van der Waals surface area contributed by atoms with E-state index in [9.17, 15) is 9.90 Å². The van der Waals surface area contributed by atoms with Gasteiger partial charge in [0.15, 0.2) is 0 Å². The van der Waals surface area contributed by atoms with Crippen LogP contribution in [-0.4, -0.2) is 74.5 Å². The fraction of sp³-hybridized carbons (Fsp3) is 0.586. The number of piperidine rings is 1. The summed E-state index contributed by atoms with van der Waals surface area (Å²) in [5, 5.41) is 10.1. The molecule has 0 aliphatic carbocycles. The van der Waals surface area contributed by atoms with Gasteiger partial charge >= 0.3 is 5.97 Å². The van der Waals surface area contributed by atoms with Crippen molar-refractivity contribution in [1.29, 1.82) is 0 Å². The second-order valence-corrected chi connectivity index (χ2v) is 10.9. The van der Waals surface area contributed by atoms with Gasteiger partial charge < -0.3 is 33.9 Å². The maximum atomic E-state index is 11.6. The van der Waals surface area contributed by atoms with Crippen LogP contribution in [0.1, 0.15) is 40.0 Å². The highest BCUT2D eigenvalue weighted by molar-refractivity contribution is 6.33. The molecule has 2 unspecified atom stereocenters. The van der Waals surface area contributed by atoms with Gasteiger partial charge in [-0.2, -0.15) is 0 Å². The molecule has 3 heterocycles. The lowest BCUT2D eigenvalue weighted by Crippen LogP contribution is -2.44. The van der Waals surface area contributed by atoms with E-state index in [1.54, 1.807) is 13.3 Å². The Kier molecular flexibility index (Phi) is 10.2. The first-order chi connectivity index (χ1) is 18.8. The minimum atomic E-state index is -0.813. The summed E-state index contributed by atoms with van der Waals surface area (Å²) in [4.78, 5) is 20.2. The second-order valence-electron chi connectivity index (χ2n) is 10.4. The zero-order chi connectivity index (χ0) is 27.9. The molecule has 39 heavy (non-hydrogen) atoms. The van der Waals surface area contributed by atoms with Crippen molar-refractivity contribution in [2.45, 2.75) is 58.3 Å². The maximum absolute atomic E-state index is 11.6. The van der Waals surface area contributed by atoms with E-state index in [-0.39, 0.29) is 43.3 Å². The van der Waals surface area contributed by atoms with Crippen molar-refractivity contribution in [3.63, 3.8) is 0 Å². The molecule has 2 aromatic rings. The van der Waals surface area contributed by atoms with Gasteiger partial charge in [-0.15, -0.1) is 0 Å². The number of benzene rings is 1. The summed E-state index contributed by atoms with van der Waals surface area (Å²) in [7, 11) is 1.60. The number of nitrogens with zero attached hydrogens (tertiary/aromatic N) is 3. The van der Waals surface area contributed by atoms with Gasteiger partial charge in [0.1, 0.15) is 18.6 Å². The van der Waals surface area contributed by atoms with Crippen molar-refractivity contribution >= 4 is 28.9 Å². The predicted octanol–water partition coefficient (Wildman–Crippen LogP) is 5.11. The Morgan fingerprint density at radius 3 is 2.62 bits per heavy atom. The number of aliphatic carboxylic acids is 1. The molecule has 2 aliphatic heterocycles. The van der Waals surface area contributed by atoms with Crippen LogP contribution in [0.4, 0.5) is 11.4 Å². The molecule has 2 fully saturated rings. The minimum Gasteiger partial charge on any atom is -0.490 e. The molecule has 2 aliphatic rings. The molecule has 0 bridgehead atoms. The fourth-order valence-electron chi connectivity index (χ4n) is 5.51. The minimum absolute atomic E-state index is 0.0541. The van der Waals surface area contributed by atoms with Gasteiger partial charge in [-0.3, -0.25) is 4.79 Å². The Balaban J connectivity index is 1.37. The van der Waals surface area contributed by atoms with Crippen LogP contribution in [0.2, 0.25) is 5.02 Å². The van der Waals surface area contributed by atoms with Gasteiger partial charge in [-0.1, -0.05) is 32.4 Å². The third kappa shape index (κ3) is 7.26. The third-order valence-corrected chi connectivity index (χ3v) is 8.00. The average Bonchev–Trinajstić information content (AvgIpc) is 3.22. The topological polar surface area (TPSA) is 93.6 Å². The molecule has 4 rings (SSSR count). The Hall–Kier alpha value is -2.75. The first-order valence-electron chi connectivity index (χ1n) is 13.7. The molecule has 0 amide bonds. The lowest BCUT2D eigenvalue weighted by atomic mass is 9.96. The number of pyridine rings is 1. The number of ether oxygens (including phenoxy) is 4. The van der Waals surface area contributed by atoms with Crippen molar-refractivity contribution < 1.29 is 28.8 Å². The van der Waals surface area contributed by atoms with Gasteiger partial charge in [0.2, 0.25) is 5.88 Å². The van der Waals surface area contributed by atoms with Gasteiger partial charge in [-0.05, 0) is 30.7 Å². The standard InChI is InChI=1S/C29H40ClN3O6/c1-5-12-37-18-38-27-17-33(24(20(27)3)14-29(34)35)21-6-8-22(9-7-21)39-26-10-11-32(16-19(26)2)25-13-28(36-4)31-15-23(25)30/h6-9,13,15,19-20,24,26-27H,5,10-12,14,16-18H2,1-4H3,(H,34,35)/t19?,20-,24-,26?,27-/m0/s1. The van der Waals surface area contributed by atoms with Crippen LogP contribution in [0.25, 0.3) is 0 Å². The number of hydrogen-bond donors (Lipinski definition) is 1. The quantitative estimate of drug-likeness (QED) is 0.280. The van der Waals surface area contributed by atoms with Crippen LogP contribution < -0.4 is 19.3 Å². The van der Waals surface area contributed by atoms with E-state index in [0.717, 1.165) is 43.1 Å². The Bertz CT molecular complexity index is 1090. The highest BCUT2D eigenvalue weighted by Gasteiger charge is 2.41. The maximum Gasteiger partial charge on any atom is 0.305 e. The summed E-state index contributed by atoms with van der Waals surface area (Å²) in [5.41, 5.74) is 1.89. The molecule has 2 saturated heterocycles. The Morgan fingerprint density at radius 2 is 1.95 bits per heavy atom. The SMILES string of the molecule is CCCOCO[C@H]1CN(c2ccc(OC3CCN(c4cc(OC)ncc4Cl)CC3C)cc2)[C@@H](CC(=O)O)[C@@H]1C. The molecule has 0 radical (unpaired) electrons. The molecule has 1 aromatic heterocycles. The summed E-state index contributed by atoms with van der Waals surface area (Å²) >= 11 is 6.42. The predicted molar refractivity (Wildman–Crippen MR) is 151 cm³/mol. The average molecular weight is 562 g/mol. The first kappa shape index (κ1) is 29.2. The van der Waals surface area contributed by atoms with Gasteiger partial charge in [0, 0.05) is 62.3 Å². The van der Waals surface area contributed by atoms with E-state index in [2.05, 4.69) is 35.6 Å². The smallest absolute Gasteiger partial charge is 0.305 e. The second kappa shape index (κ2) is 13.5. The fourth-order valence-corrected chi connectivity index (χ4v) is 5.74. The number of halogens is 1. The van der Waals surface area contributed by atoms with E-state index < -0.39 is 5.97 Å². The lowest BCUT2D eigenvalue weighted by molar-refractivity contribution is -0.137. The summed E-state index contributed by atoms with van der Waals surface area (Å²) in [6.45, 7) is 9.40. The van der Waals surface area contributed by atoms with Crippen LogP contribution in [0.3, 0.4) is 0 Å². The summed E-state index contributed by atoms with van der Waals surface area (Å²) in [5.74, 6) is 0.867. The Labute approximate surface area is 235 Å². The molecule has 1 aromatic carbocycles. The molecule has 10 heteroatoms. The monoisotopic (exact) mass is 561 g/mol. The molecule has 0 spiro atoms. The number of carboxylic acid groups (broad SMARTS) is 1. The van der Waals surface area contributed by atoms with Crippen molar-refractivity contribution in [3.8, 4) is 11.6 Å². The van der Waals surface area contributed by atoms with Crippen LogP contribution in [-0.2, 0) is 14.3 Å². The van der Waals surface area contributed by atoms with Crippen LogP contribution in [0.5, 0.6) is 11.6 Å². The van der Waals surface area contributed by atoms with Crippen LogP contribution >= 0.6 is 11.6 Å². The summed E-state index contributed by atoms with van der Waals surface area (Å²) in [6.07, 6.45) is 3.44. The van der Waals surface area contributed by atoms with Crippen molar-refractivity contribution in [2.24, 2.45) is 11.8 Å². The summed E-state index contributed by atoms with van der Waals surface area (Å²) < 4.78 is 23.2. The number of anilines is 2. The van der Waals surface area contributed by atoms with Crippen molar-refractivity contribution in [3.05, 3.63) is 41.6 Å².